The standard InChI is InChI=1S/C8H11NO/c1-3-4-7-5-6-8(10)9(7)2/h3,5-7H,1,4H2,2H3/t7-/m0/s1. The maximum atomic E-state index is 10.9. The van der Waals surface area contributed by atoms with Crippen molar-refractivity contribution in [2.45, 2.75) is 12.5 Å². The second-order valence-electron chi connectivity index (χ2n) is 2.40. The molecule has 0 aliphatic carbocycles. The van der Waals surface area contributed by atoms with Crippen LogP contribution in [-0.2, 0) is 4.79 Å². The van der Waals surface area contributed by atoms with Crippen molar-refractivity contribution < 1.29 is 4.79 Å². The van der Waals surface area contributed by atoms with Gasteiger partial charge in [0.15, 0.2) is 0 Å². The molecule has 1 amide bonds. The Morgan fingerprint density at radius 3 is 3.00 bits per heavy atom. The Hall–Kier alpha value is -1.05. The second-order valence-corrected chi connectivity index (χ2v) is 2.40. The first-order valence-corrected chi connectivity index (χ1v) is 3.31. The molecule has 0 spiro atoms. The highest BCUT2D eigenvalue weighted by molar-refractivity contribution is 5.90. The van der Waals surface area contributed by atoms with E-state index in [1.807, 2.05) is 12.2 Å². The minimum Gasteiger partial charge on any atom is -0.335 e. The summed E-state index contributed by atoms with van der Waals surface area (Å²) in [5.74, 6) is 0.0897. The number of likely N-dealkylation sites (N-methyl/N-ethyl adjacent to an activating group) is 1. The molecule has 0 fully saturated rings. The molecule has 0 bridgehead atoms. The van der Waals surface area contributed by atoms with Crippen molar-refractivity contribution in [1.29, 1.82) is 0 Å². The quantitative estimate of drug-likeness (QED) is 0.519. The summed E-state index contributed by atoms with van der Waals surface area (Å²) in [4.78, 5) is 12.6. The summed E-state index contributed by atoms with van der Waals surface area (Å²) >= 11 is 0. The van der Waals surface area contributed by atoms with Gasteiger partial charge < -0.3 is 4.90 Å². The molecule has 0 radical (unpaired) electrons. The number of nitrogens with zero attached hydrogens (tertiary/aromatic N) is 1. The number of hydrogen-bond donors (Lipinski definition) is 0. The molecule has 1 aliphatic heterocycles. The number of amides is 1. The van der Waals surface area contributed by atoms with Gasteiger partial charge in [-0.1, -0.05) is 12.2 Å². The highest BCUT2D eigenvalue weighted by Gasteiger charge is 2.19. The highest BCUT2D eigenvalue weighted by Crippen LogP contribution is 2.11. The van der Waals surface area contributed by atoms with Crippen molar-refractivity contribution in [3.63, 3.8) is 0 Å². The Labute approximate surface area is 60.8 Å². The van der Waals surface area contributed by atoms with E-state index >= 15 is 0 Å². The number of hydrogen-bond acceptors (Lipinski definition) is 1. The summed E-state index contributed by atoms with van der Waals surface area (Å²) in [7, 11) is 1.80. The molecule has 0 aromatic rings. The zero-order valence-corrected chi connectivity index (χ0v) is 6.08. The van der Waals surface area contributed by atoms with Gasteiger partial charge in [0, 0.05) is 13.1 Å². The van der Waals surface area contributed by atoms with Crippen molar-refractivity contribution in [1.82, 2.24) is 4.90 Å². The summed E-state index contributed by atoms with van der Waals surface area (Å²) in [5, 5.41) is 0. The van der Waals surface area contributed by atoms with Gasteiger partial charge in [0.2, 0.25) is 5.91 Å². The molecule has 2 nitrogen and oxygen atoms in total. The third-order valence-corrected chi connectivity index (χ3v) is 1.71. The van der Waals surface area contributed by atoms with E-state index in [0.29, 0.717) is 0 Å². The maximum Gasteiger partial charge on any atom is 0.246 e. The molecule has 0 unspecified atom stereocenters. The average molecular weight is 137 g/mol. The molecular formula is C8H11NO. The van der Waals surface area contributed by atoms with Gasteiger partial charge in [-0.15, -0.1) is 6.58 Å². The van der Waals surface area contributed by atoms with E-state index < -0.39 is 0 Å². The molecule has 10 heavy (non-hydrogen) atoms. The summed E-state index contributed by atoms with van der Waals surface area (Å²) in [6, 6.07) is 0.241. The fourth-order valence-corrected chi connectivity index (χ4v) is 1.01. The zero-order valence-electron chi connectivity index (χ0n) is 6.08. The van der Waals surface area contributed by atoms with E-state index in [2.05, 4.69) is 6.58 Å². The Balaban J connectivity index is 2.57. The average Bonchev–Trinajstić information content (AvgIpc) is 2.20. The minimum absolute atomic E-state index is 0.0897. The topological polar surface area (TPSA) is 20.3 Å². The zero-order chi connectivity index (χ0) is 7.56. The first-order chi connectivity index (χ1) is 4.75. The van der Waals surface area contributed by atoms with Crippen molar-refractivity contribution in [3.05, 3.63) is 24.8 Å². The highest BCUT2D eigenvalue weighted by atomic mass is 16.2. The molecular weight excluding hydrogens is 126 g/mol. The first kappa shape index (κ1) is 7.06. The molecule has 1 rings (SSSR count). The van der Waals surface area contributed by atoms with Crippen LogP contribution in [0.3, 0.4) is 0 Å². The van der Waals surface area contributed by atoms with Gasteiger partial charge in [-0.3, -0.25) is 4.79 Å². The van der Waals surface area contributed by atoms with Gasteiger partial charge in [0.25, 0.3) is 0 Å². The largest absolute Gasteiger partial charge is 0.335 e. The number of rotatable bonds is 2. The van der Waals surface area contributed by atoms with Crippen LogP contribution in [0.2, 0.25) is 0 Å². The fourth-order valence-electron chi connectivity index (χ4n) is 1.01. The number of carbonyl (C=O) groups is 1. The predicted molar refractivity (Wildman–Crippen MR) is 40.5 cm³/mol. The lowest BCUT2D eigenvalue weighted by Gasteiger charge is -2.17. The first-order valence-electron chi connectivity index (χ1n) is 3.31. The third-order valence-electron chi connectivity index (χ3n) is 1.71. The molecule has 0 aromatic carbocycles. The van der Waals surface area contributed by atoms with E-state index in [0.717, 1.165) is 6.42 Å². The van der Waals surface area contributed by atoms with Crippen LogP contribution in [0.5, 0.6) is 0 Å². The van der Waals surface area contributed by atoms with Gasteiger partial charge in [-0.25, -0.2) is 0 Å². The minimum atomic E-state index is 0.0897. The van der Waals surface area contributed by atoms with Crippen LogP contribution in [0.15, 0.2) is 24.8 Å². The van der Waals surface area contributed by atoms with Gasteiger partial charge in [-0.05, 0) is 6.42 Å². The molecule has 0 N–H and O–H groups in total. The van der Waals surface area contributed by atoms with Crippen molar-refractivity contribution >= 4 is 5.91 Å². The summed E-state index contributed by atoms with van der Waals surface area (Å²) in [6.45, 7) is 3.61. The summed E-state index contributed by atoms with van der Waals surface area (Å²) < 4.78 is 0. The van der Waals surface area contributed by atoms with Gasteiger partial charge in [0.05, 0.1) is 6.04 Å². The van der Waals surface area contributed by atoms with Gasteiger partial charge >= 0.3 is 0 Å². The molecule has 0 saturated heterocycles. The SMILES string of the molecule is C=CC[C@H]1C=CC(=O)N1C. The number of carbonyl (C=O) groups excluding carboxylic acids is 1. The molecule has 2 heteroatoms. The van der Waals surface area contributed by atoms with Crippen molar-refractivity contribution in [3.8, 4) is 0 Å². The van der Waals surface area contributed by atoms with Crippen LogP contribution >= 0.6 is 0 Å². The third kappa shape index (κ3) is 1.10. The molecule has 1 heterocycles. The fraction of sp³-hybridized carbons (Fsp3) is 0.375. The van der Waals surface area contributed by atoms with Crippen molar-refractivity contribution in [2.75, 3.05) is 7.05 Å². The van der Waals surface area contributed by atoms with E-state index in [9.17, 15) is 4.79 Å². The predicted octanol–water partition coefficient (Wildman–Crippen LogP) is 0.959. The lowest BCUT2D eigenvalue weighted by Crippen LogP contribution is -2.28. The Kier molecular flexibility index (Phi) is 1.90. The van der Waals surface area contributed by atoms with Crippen LogP contribution in [0.25, 0.3) is 0 Å². The molecule has 1 atom stereocenters. The lowest BCUT2D eigenvalue weighted by atomic mass is 10.2. The summed E-state index contributed by atoms with van der Waals surface area (Å²) in [5.41, 5.74) is 0. The van der Waals surface area contributed by atoms with Crippen LogP contribution in [0.4, 0.5) is 0 Å². The van der Waals surface area contributed by atoms with E-state index in [1.165, 1.54) is 0 Å². The Bertz CT molecular complexity index is 184. The van der Waals surface area contributed by atoms with Crippen LogP contribution in [0.1, 0.15) is 6.42 Å². The van der Waals surface area contributed by atoms with Crippen LogP contribution in [-0.4, -0.2) is 23.9 Å². The normalized spacial score (nSPS) is 23.9. The maximum absolute atomic E-state index is 10.9. The molecule has 0 aromatic heterocycles. The van der Waals surface area contributed by atoms with Crippen LogP contribution in [0, 0.1) is 0 Å². The Morgan fingerprint density at radius 2 is 2.60 bits per heavy atom. The molecule has 0 saturated carbocycles. The van der Waals surface area contributed by atoms with E-state index in [4.69, 9.17) is 0 Å². The van der Waals surface area contributed by atoms with Crippen molar-refractivity contribution in [2.24, 2.45) is 0 Å². The Morgan fingerprint density at radius 1 is 1.90 bits per heavy atom. The second kappa shape index (κ2) is 2.69. The summed E-state index contributed by atoms with van der Waals surface area (Å²) in [6.07, 6.45) is 6.18. The smallest absolute Gasteiger partial charge is 0.246 e. The lowest BCUT2D eigenvalue weighted by molar-refractivity contribution is -0.124. The monoisotopic (exact) mass is 137 g/mol. The van der Waals surface area contributed by atoms with Gasteiger partial charge in [-0.2, -0.15) is 0 Å². The van der Waals surface area contributed by atoms with Gasteiger partial charge in [0.1, 0.15) is 0 Å². The van der Waals surface area contributed by atoms with Crippen LogP contribution < -0.4 is 0 Å². The van der Waals surface area contributed by atoms with E-state index in [-0.39, 0.29) is 11.9 Å². The molecule has 1 aliphatic rings. The molecule has 54 valence electrons. The van der Waals surface area contributed by atoms with E-state index in [1.54, 1.807) is 18.0 Å².